The molecule has 0 spiro atoms. The molecule has 1 saturated heterocycles. The summed E-state index contributed by atoms with van der Waals surface area (Å²) in [5.41, 5.74) is 1.74. The topological polar surface area (TPSA) is 100 Å². The Morgan fingerprint density at radius 3 is 3.04 bits per heavy atom. The van der Waals surface area contributed by atoms with Crippen LogP contribution < -0.4 is 4.90 Å². The van der Waals surface area contributed by atoms with Crippen LogP contribution in [0.4, 0.5) is 5.82 Å². The zero-order valence-corrected chi connectivity index (χ0v) is 14.6. The molecule has 1 aliphatic heterocycles. The lowest BCUT2D eigenvalue weighted by atomic mass is 10.1. The summed E-state index contributed by atoms with van der Waals surface area (Å²) >= 11 is 6.08. The Labute approximate surface area is 154 Å². The Kier molecular flexibility index (Phi) is 4.79. The standard InChI is InChI=1S/C17H17ClN6O2/c18-12-3-1-2-11(6-12)13-7-16(20-10-19-13)24-4-5-26-14(8-24)17-21-15(9-25)22-23-17/h1-3,6-7,10,14,25H,4-5,8-9H2,(H,21,22,23). The number of hydrogen-bond acceptors (Lipinski definition) is 7. The third-order valence-corrected chi connectivity index (χ3v) is 4.39. The smallest absolute Gasteiger partial charge is 0.181 e. The molecule has 1 aromatic carbocycles. The van der Waals surface area contributed by atoms with E-state index in [1.54, 1.807) is 6.33 Å². The molecular formula is C17H17ClN6O2. The molecule has 0 aliphatic carbocycles. The fourth-order valence-electron chi connectivity index (χ4n) is 2.86. The van der Waals surface area contributed by atoms with E-state index in [1.165, 1.54) is 0 Å². The molecule has 8 nitrogen and oxygen atoms in total. The Bertz CT molecular complexity index is 902. The summed E-state index contributed by atoms with van der Waals surface area (Å²) in [6, 6.07) is 9.50. The van der Waals surface area contributed by atoms with Crippen LogP contribution in [0.1, 0.15) is 17.8 Å². The normalized spacial score (nSPS) is 17.5. The summed E-state index contributed by atoms with van der Waals surface area (Å²) in [6.07, 6.45) is 1.26. The van der Waals surface area contributed by atoms with E-state index in [-0.39, 0.29) is 12.7 Å². The number of ether oxygens (including phenoxy) is 1. The van der Waals surface area contributed by atoms with E-state index >= 15 is 0 Å². The molecule has 0 radical (unpaired) electrons. The van der Waals surface area contributed by atoms with Gasteiger partial charge in [0.2, 0.25) is 0 Å². The van der Waals surface area contributed by atoms with Crippen LogP contribution in [0.15, 0.2) is 36.7 Å². The number of aliphatic hydroxyl groups excluding tert-OH is 1. The van der Waals surface area contributed by atoms with E-state index in [0.717, 1.165) is 17.1 Å². The van der Waals surface area contributed by atoms with E-state index < -0.39 is 0 Å². The average Bonchev–Trinajstić information content (AvgIpc) is 3.18. The number of benzene rings is 1. The maximum atomic E-state index is 9.13. The van der Waals surface area contributed by atoms with Gasteiger partial charge in [-0.3, -0.25) is 5.10 Å². The van der Waals surface area contributed by atoms with Gasteiger partial charge in [-0.15, -0.1) is 0 Å². The van der Waals surface area contributed by atoms with Gasteiger partial charge >= 0.3 is 0 Å². The Morgan fingerprint density at radius 1 is 1.31 bits per heavy atom. The molecule has 134 valence electrons. The fourth-order valence-corrected chi connectivity index (χ4v) is 3.05. The molecule has 0 saturated carbocycles. The molecule has 0 bridgehead atoms. The van der Waals surface area contributed by atoms with Crippen LogP contribution >= 0.6 is 11.6 Å². The summed E-state index contributed by atoms with van der Waals surface area (Å²) in [5, 5.41) is 16.6. The molecule has 9 heteroatoms. The van der Waals surface area contributed by atoms with Crippen LogP contribution in [0.3, 0.4) is 0 Å². The number of rotatable bonds is 4. The molecular weight excluding hydrogens is 356 g/mol. The second kappa shape index (κ2) is 7.36. The van der Waals surface area contributed by atoms with Crippen molar-refractivity contribution in [2.45, 2.75) is 12.7 Å². The van der Waals surface area contributed by atoms with Crippen molar-refractivity contribution in [1.82, 2.24) is 25.1 Å². The predicted molar refractivity (Wildman–Crippen MR) is 95.7 cm³/mol. The van der Waals surface area contributed by atoms with E-state index in [1.807, 2.05) is 30.3 Å². The highest BCUT2D eigenvalue weighted by Crippen LogP contribution is 2.26. The SMILES string of the molecule is OCc1nc(C2CN(c3cc(-c4cccc(Cl)c4)ncn3)CCO2)n[nH]1. The lowest BCUT2D eigenvalue weighted by molar-refractivity contribution is 0.0339. The lowest BCUT2D eigenvalue weighted by Gasteiger charge is -2.32. The van der Waals surface area contributed by atoms with Crippen LogP contribution in [-0.2, 0) is 11.3 Å². The quantitative estimate of drug-likeness (QED) is 0.722. The van der Waals surface area contributed by atoms with E-state index in [9.17, 15) is 0 Å². The van der Waals surface area contributed by atoms with Gasteiger partial charge in [-0.2, -0.15) is 5.10 Å². The van der Waals surface area contributed by atoms with Crippen molar-refractivity contribution < 1.29 is 9.84 Å². The van der Waals surface area contributed by atoms with Crippen LogP contribution in [-0.4, -0.2) is 50.0 Å². The number of nitrogens with one attached hydrogen (secondary N) is 1. The van der Waals surface area contributed by atoms with Gasteiger partial charge in [-0.1, -0.05) is 23.7 Å². The van der Waals surface area contributed by atoms with Crippen molar-refractivity contribution in [2.24, 2.45) is 0 Å². The summed E-state index contributed by atoms with van der Waals surface area (Å²) in [4.78, 5) is 15.1. The number of H-pyrrole nitrogens is 1. The number of aromatic nitrogens is 5. The number of hydrogen-bond donors (Lipinski definition) is 2. The van der Waals surface area contributed by atoms with Gasteiger partial charge in [0.25, 0.3) is 0 Å². The molecule has 0 amide bonds. The molecule has 4 rings (SSSR count). The van der Waals surface area contributed by atoms with Gasteiger partial charge < -0.3 is 14.7 Å². The summed E-state index contributed by atoms with van der Waals surface area (Å²) < 4.78 is 5.78. The summed E-state index contributed by atoms with van der Waals surface area (Å²) in [7, 11) is 0. The number of anilines is 1. The molecule has 1 unspecified atom stereocenters. The third kappa shape index (κ3) is 3.52. The zero-order valence-electron chi connectivity index (χ0n) is 13.8. The van der Waals surface area contributed by atoms with E-state index in [2.05, 4.69) is 30.0 Å². The number of aliphatic hydroxyl groups is 1. The minimum Gasteiger partial charge on any atom is -0.388 e. The minimum atomic E-state index is -0.287. The van der Waals surface area contributed by atoms with Crippen LogP contribution in [0.25, 0.3) is 11.3 Å². The predicted octanol–water partition coefficient (Wildman–Crippen LogP) is 1.99. The van der Waals surface area contributed by atoms with Gasteiger partial charge in [0.05, 0.1) is 18.8 Å². The molecule has 26 heavy (non-hydrogen) atoms. The summed E-state index contributed by atoms with van der Waals surface area (Å²) in [6.45, 7) is 1.62. The Hall–Kier alpha value is -2.55. The van der Waals surface area contributed by atoms with Crippen molar-refractivity contribution >= 4 is 17.4 Å². The second-order valence-corrected chi connectivity index (χ2v) is 6.31. The molecule has 1 aliphatic rings. The first-order valence-corrected chi connectivity index (χ1v) is 8.57. The molecule has 2 N–H and O–H groups in total. The van der Waals surface area contributed by atoms with E-state index in [4.69, 9.17) is 21.4 Å². The van der Waals surface area contributed by atoms with Gasteiger partial charge in [-0.05, 0) is 12.1 Å². The second-order valence-electron chi connectivity index (χ2n) is 5.88. The van der Waals surface area contributed by atoms with Crippen LogP contribution in [0.2, 0.25) is 5.02 Å². The van der Waals surface area contributed by atoms with E-state index in [0.29, 0.717) is 36.4 Å². The number of halogens is 1. The number of morpholine rings is 1. The summed E-state index contributed by atoms with van der Waals surface area (Å²) in [5.74, 6) is 1.76. The first kappa shape index (κ1) is 16.9. The van der Waals surface area contributed by atoms with Gasteiger partial charge in [0, 0.05) is 23.2 Å². The van der Waals surface area contributed by atoms with Crippen molar-refractivity contribution in [3.8, 4) is 11.3 Å². The number of aromatic amines is 1. The van der Waals surface area contributed by atoms with Crippen LogP contribution in [0.5, 0.6) is 0 Å². The maximum absolute atomic E-state index is 9.13. The molecule has 1 atom stereocenters. The fraction of sp³-hybridized carbons (Fsp3) is 0.294. The molecule has 3 aromatic rings. The first-order chi connectivity index (χ1) is 12.7. The van der Waals surface area contributed by atoms with Gasteiger partial charge in [-0.25, -0.2) is 15.0 Å². The minimum absolute atomic E-state index is 0.182. The Balaban J connectivity index is 1.56. The highest BCUT2D eigenvalue weighted by molar-refractivity contribution is 6.30. The molecule has 1 fully saturated rings. The average molecular weight is 373 g/mol. The van der Waals surface area contributed by atoms with Crippen molar-refractivity contribution in [2.75, 3.05) is 24.6 Å². The number of nitrogens with zero attached hydrogens (tertiary/aromatic N) is 5. The Morgan fingerprint density at radius 2 is 2.23 bits per heavy atom. The van der Waals surface area contributed by atoms with Crippen LogP contribution in [0, 0.1) is 0 Å². The lowest BCUT2D eigenvalue weighted by Crippen LogP contribution is -2.39. The van der Waals surface area contributed by atoms with Crippen molar-refractivity contribution in [3.05, 3.63) is 53.3 Å². The molecule has 2 aromatic heterocycles. The van der Waals surface area contributed by atoms with Crippen molar-refractivity contribution in [1.29, 1.82) is 0 Å². The monoisotopic (exact) mass is 372 g/mol. The third-order valence-electron chi connectivity index (χ3n) is 4.15. The highest BCUT2D eigenvalue weighted by Gasteiger charge is 2.26. The largest absolute Gasteiger partial charge is 0.388 e. The molecule has 3 heterocycles. The van der Waals surface area contributed by atoms with Gasteiger partial charge in [0.1, 0.15) is 30.7 Å². The van der Waals surface area contributed by atoms with Gasteiger partial charge in [0.15, 0.2) is 5.82 Å². The van der Waals surface area contributed by atoms with Crippen molar-refractivity contribution in [3.63, 3.8) is 0 Å². The zero-order chi connectivity index (χ0) is 17.9. The first-order valence-electron chi connectivity index (χ1n) is 8.19. The highest BCUT2D eigenvalue weighted by atomic mass is 35.5. The maximum Gasteiger partial charge on any atom is 0.181 e.